The molecular formula is C27H30F3N5O6S. The average Bonchev–Trinajstić information content (AvgIpc) is 3.64. The second-order valence-corrected chi connectivity index (χ2v) is 12.8. The molecule has 2 fully saturated rings. The first-order chi connectivity index (χ1) is 19.9. The summed E-state index contributed by atoms with van der Waals surface area (Å²) in [5.74, 6) is -0.365. The van der Waals surface area contributed by atoms with Crippen molar-refractivity contribution in [1.82, 2.24) is 25.1 Å². The largest absolute Gasteiger partial charge is 0.573 e. The number of hydrogen-bond acceptors (Lipinski definition) is 9. The van der Waals surface area contributed by atoms with Gasteiger partial charge in [0, 0.05) is 31.6 Å². The number of halogens is 3. The van der Waals surface area contributed by atoms with E-state index in [2.05, 4.69) is 25.0 Å². The number of ether oxygens (including phenoxy) is 2. The van der Waals surface area contributed by atoms with Gasteiger partial charge in [0.1, 0.15) is 11.5 Å². The molecule has 2 aliphatic rings. The molecule has 15 heteroatoms. The number of piperidine rings is 1. The van der Waals surface area contributed by atoms with Crippen LogP contribution in [0.2, 0.25) is 0 Å². The van der Waals surface area contributed by atoms with E-state index in [1.54, 1.807) is 0 Å². The number of tetrazole rings is 1. The van der Waals surface area contributed by atoms with E-state index in [0.29, 0.717) is 43.3 Å². The Hall–Kier alpha value is -3.72. The molecule has 3 aromatic rings. The van der Waals surface area contributed by atoms with Crippen LogP contribution >= 0.6 is 0 Å². The number of rotatable bonds is 12. The maximum absolute atomic E-state index is 13.5. The van der Waals surface area contributed by atoms with Crippen molar-refractivity contribution in [2.75, 3.05) is 26.2 Å². The zero-order chi connectivity index (χ0) is 30.0. The number of carboxylic acid groups (broad SMARTS) is 1. The SMILES string of the molecule is O=C(O)C1(S(=O)(=O)c2ccc(OCCCn3nnc(-c4ccc(OC(F)(F)F)cc4)n3)cc2)CCN(CC2CC2)CC1. The molecule has 1 N–H and O–H groups in total. The zero-order valence-electron chi connectivity index (χ0n) is 22.5. The Labute approximate surface area is 240 Å². The highest BCUT2D eigenvalue weighted by Gasteiger charge is 2.53. The third-order valence-electron chi connectivity index (χ3n) is 7.49. The van der Waals surface area contributed by atoms with Crippen LogP contribution in [0.25, 0.3) is 11.4 Å². The van der Waals surface area contributed by atoms with Crippen molar-refractivity contribution < 1.29 is 41.0 Å². The number of alkyl halides is 3. The van der Waals surface area contributed by atoms with Gasteiger partial charge in [-0.15, -0.1) is 23.4 Å². The van der Waals surface area contributed by atoms with Crippen molar-refractivity contribution in [3.63, 3.8) is 0 Å². The highest BCUT2D eigenvalue weighted by atomic mass is 32.2. The first kappa shape index (κ1) is 29.8. The quantitative estimate of drug-likeness (QED) is 0.302. The van der Waals surface area contributed by atoms with E-state index in [-0.39, 0.29) is 35.9 Å². The lowest BCUT2D eigenvalue weighted by Gasteiger charge is -2.38. The number of nitrogens with zero attached hydrogens (tertiary/aromatic N) is 5. The average molecular weight is 610 g/mol. The second-order valence-electron chi connectivity index (χ2n) is 10.5. The predicted octanol–water partition coefficient (Wildman–Crippen LogP) is 3.81. The number of sulfone groups is 1. The van der Waals surface area contributed by atoms with Crippen LogP contribution in [-0.4, -0.2) is 82.0 Å². The summed E-state index contributed by atoms with van der Waals surface area (Å²) in [5, 5.41) is 22.1. The van der Waals surface area contributed by atoms with Gasteiger partial charge in [0.2, 0.25) is 5.82 Å². The van der Waals surface area contributed by atoms with Gasteiger partial charge < -0.3 is 19.5 Å². The van der Waals surface area contributed by atoms with Crippen molar-refractivity contribution in [3.8, 4) is 22.9 Å². The lowest BCUT2D eigenvalue weighted by Crippen LogP contribution is -2.54. The van der Waals surface area contributed by atoms with Gasteiger partial charge in [0.05, 0.1) is 18.0 Å². The van der Waals surface area contributed by atoms with Gasteiger partial charge in [-0.1, -0.05) is 0 Å². The Bertz CT molecular complexity index is 1480. The fourth-order valence-electron chi connectivity index (χ4n) is 4.96. The number of benzene rings is 2. The maximum atomic E-state index is 13.5. The molecule has 0 radical (unpaired) electrons. The molecule has 226 valence electrons. The molecule has 11 nitrogen and oxygen atoms in total. The number of likely N-dealkylation sites (tertiary alicyclic amines) is 1. The van der Waals surface area contributed by atoms with E-state index < -0.39 is 26.9 Å². The predicted molar refractivity (Wildman–Crippen MR) is 142 cm³/mol. The molecular weight excluding hydrogens is 579 g/mol. The molecule has 1 aromatic heterocycles. The molecule has 1 saturated heterocycles. The number of aryl methyl sites for hydroxylation is 1. The third-order valence-corrected chi connectivity index (χ3v) is 9.99. The maximum Gasteiger partial charge on any atom is 0.573 e. The van der Waals surface area contributed by atoms with Crippen molar-refractivity contribution in [3.05, 3.63) is 48.5 Å². The number of hydrogen-bond donors (Lipinski definition) is 1. The molecule has 0 spiro atoms. The smallest absolute Gasteiger partial charge is 0.494 e. The Kier molecular flexibility index (Phi) is 8.42. The fraction of sp³-hybridized carbons (Fsp3) is 0.481. The lowest BCUT2D eigenvalue weighted by atomic mass is 9.95. The first-order valence-electron chi connectivity index (χ1n) is 13.5. The van der Waals surface area contributed by atoms with Gasteiger partial charge in [0.25, 0.3) is 0 Å². The number of carbonyl (C=O) groups is 1. The molecule has 0 atom stereocenters. The van der Waals surface area contributed by atoms with E-state index >= 15 is 0 Å². The summed E-state index contributed by atoms with van der Waals surface area (Å²) in [6.45, 7) is 2.37. The van der Waals surface area contributed by atoms with E-state index in [1.165, 1.54) is 54.0 Å². The van der Waals surface area contributed by atoms with Gasteiger partial charge in [-0.25, -0.2) is 8.42 Å². The van der Waals surface area contributed by atoms with Gasteiger partial charge in [-0.2, -0.15) is 4.80 Å². The normalized spacial score (nSPS) is 17.6. The van der Waals surface area contributed by atoms with E-state index in [1.807, 2.05) is 0 Å². The number of carboxylic acids is 1. The number of aromatic nitrogens is 4. The van der Waals surface area contributed by atoms with Crippen molar-refractivity contribution >= 4 is 15.8 Å². The minimum atomic E-state index is -4.78. The summed E-state index contributed by atoms with van der Waals surface area (Å²) < 4.78 is 71.6. The fourth-order valence-corrected chi connectivity index (χ4v) is 6.85. The Morgan fingerprint density at radius 1 is 1.02 bits per heavy atom. The van der Waals surface area contributed by atoms with Crippen LogP contribution < -0.4 is 9.47 Å². The zero-order valence-corrected chi connectivity index (χ0v) is 23.4. The molecule has 0 bridgehead atoms. The van der Waals surface area contributed by atoms with E-state index in [0.717, 1.165) is 18.7 Å². The van der Waals surface area contributed by atoms with Gasteiger partial charge in [-0.05, 0) is 85.3 Å². The van der Waals surface area contributed by atoms with Crippen molar-refractivity contribution in [2.45, 2.75) is 54.7 Å². The van der Waals surface area contributed by atoms with E-state index in [9.17, 15) is 31.5 Å². The molecule has 2 aromatic carbocycles. The minimum Gasteiger partial charge on any atom is -0.494 e. The van der Waals surface area contributed by atoms with Crippen LogP contribution in [0.15, 0.2) is 53.4 Å². The van der Waals surface area contributed by atoms with Crippen LogP contribution in [0.3, 0.4) is 0 Å². The monoisotopic (exact) mass is 609 g/mol. The van der Waals surface area contributed by atoms with Crippen LogP contribution in [-0.2, 0) is 21.2 Å². The molecule has 0 amide bonds. The third kappa shape index (κ3) is 6.84. The molecule has 1 saturated carbocycles. The van der Waals surface area contributed by atoms with Crippen LogP contribution in [0.4, 0.5) is 13.2 Å². The van der Waals surface area contributed by atoms with Gasteiger partial charge in [0.15, 0.2) is 14.6 Å². The summed E-state index contributed by atoms with van der Waals surface area (Å²) in [7, 11) is -4.13. The second kappa shape index (κ2) is 11.9. The van der Waals surface area contributed by atoms with Crippen LogP contribution in [0.1, 0.15) is 32.1 Å². The Balaban J connectivity index is 1.12. The molecule has 1 aliphatic heterocycles. The first-order valence-corrected chi connectivity index (χ1v) is 15.0. The lowest BCUT2D eigenvalue weighted by molar-refractivity contribution is -0.274. The summed E-state index contributed by atoms with van der Waals surface area (Å²) in [4.78, 5) is 15.7. The highest BCUT2D eigenvalue weighted by Crippen LogP contribution is 2.38. The summed E-state index contributed by atoms with van der Waals surface area (Å²) >= 11 is 0. The van der Waals surface area contributed by atoms with Crippen molar-refractivity contribution in [1.29, 1.82) is 0 Å². The van der Waals surface area contributed by atoms with Gasteiger partial charge >= 0.3 is 12.3 Å². The molecule has 5 rings (SSSR count). The summed E-state index contributed by atoms with van der Waals surface area (Å²) in [6, 6.07) is 10.9. The standard InChI is InChI=1S/C27H30F3N5O6S/c28-27(29,30)41-22-6-4-20(5-7-22)24-31-33-35(32-24)14-1-17-40-21-8-10-23(11-9-21)42(38,39)26(25(36)37)12-15-34(16-13-26)18-19-2-3-19/h4-11,19H,1-3,12-18H2,(H,36,37). The molecule has 2 heterocycles. The van der Waals surface area contributed by atoms with Crippen molar-refractivity contribution in [2.24, 2.45) is 5.92 Å². The highest BCUT2D eigenvalue weighted by molar-refractivity contribution is 7.93. The van der Waals surface area contributed by atoms with Crippen LogP contribution in [0.5, 0.6) is 11.5 Å². The molecule has 0 unspecified atom stereocenters. The molecule has 42 heavy (non-hydrogen) atoms. The number of aliphatic carboxylic acids is 1. The Morgan fingerprint density at radius 3 is 2.26 bits per heavy atom. The summed E-state index contributed by atoms with van der Waals surface area (Å²) in [5.41, 5.74) is 0.468. The summed E-state index contributed by atoms with van der Waals surface area (Å²) in [6.07, 6.45) is -1.85. The molecule has 1 aliphatic carbocycles. The van der Waals surface area contributed by atoms with E-state index in [4.69, 9.17) is 4.74 Å². The topological polar surface area (TPSA) is 137 Å². The van der Waals surface area contributed by atoms with Crippen LogP contribution in [0, 0.1) is 5.92 Å². The minimum absolute atomic E-state index is 0.0471. The Morgan fingerprint density at radius 2 is 1.67 bits per heavy atom. The van der Waals surface area contributed by atoms with Gasteiger partial charge in [-0.3, -0.25) is 4.79 Å².